The maximum absolute atomic E-state index is 11.0. The smallest absolute Gasteiger partial charge is 0.320 e. The van der Waals surface area contributed by atoms with Crippen molar-refractivity contribution in [3.05, 3.63) is 0 Å². The summed E-state index contributed by atoms with van der Waals surface area (Å²) in [7, 11) is 3.11. The molecule has 1 aliphatic rings. The number of hydrogen-bond donors (Lipinski definition) is 1. The number of rotatable bonds is 5. The quantitative estimate of drug-likeness (QED) is 0.587. The average molecular weight is 266 g/mol. The van der Waals surface area contributed by atoms with Crippen LogP contribution in [0.1, 0.15) is 12.8 Å². The highest BCUT2D eigenvalue weighted by Gasteiger charge is 2.29. The van der Waals surface area contributed by atoms with Crippen LogP contribution in [0.25, 0.3) is 0 Å². The monoisotopic (exact) mass is 265 g/mol. The van der Waals surface area contributed by atoms with Gasteiger partial charge in [0.15, 0.2) is 0 Å². The second-order valence-corrected chi connectivity index (χ2v) is 4.53. The van der Waals surface area contributed by atoms with Crippen molar-refractivity contribution >= 4 is 21.9 Å². The van der Waals surface area contributed by atoms with Gasteiger partial charge in [-0.1, -0.05) is 15.9 Å². The minimum absolute atomic E-state index is 0.236. The van der Waals surface area contributed by atoms with E-state index in [2.05, 4.69) is 26.0 Å². The number of carbonyl (C=O) groups excluding carboxylic acids is 1. The van der Waals surface area contributed by atoms with Gasteiger partial charge in [0.1, 0.15) is 4.83 Å². The van der Waals surface area contributed by atoms with Crippen molar-refractivity contribution in [1.82, 2.24) is 5.32 Å². The third-order valence-electron chi connectivity index (χ3n) is 2.47. The van der Waals surface area contributed by atoms with Gasteiger partial charge in [-0.2, -0.15) is 0 Å². The molecule has 0 aromatic carbocycles. The van der Waals surface area contributed by atoms with Gasteiger partial charge in [-0.25, -0.2) is 0 Å². The summed E-state index contributed by atoms with van der Waals surface area (Å²) in [4.78, 5) is 10.8. The lowest BCUT2D eigenvalue weighted by Gasteiger charge is -2.35. The molecule has 1 atom stereocenters. The Morgan fingerprint density at radius 3 is 2.71 bits per heavy atom. The third-order valence-corrected chi connectivity index (χ3v) is 3.17. The fourth-order valence-corrected chi connectivity index (χ4v) is 1.78. The predicted octanol–water partition coefficient (Wildman–Crippen LogP) is 0.690. The summed E-state index contributed by atoms with van der Waals surface area (Å²) < 4.78 is 9.74. The first kappa shape index (κ1) is 11.9. The molecule has 5 heteroatoms. The Morgan fingerprint density at radius 1 is 1.57 bits per heavy atom. The molecule has 4 nitrogen and oxygen atoms in total. The molecule has 1 saturated carbocycles. The summed E-state index contributed by atoms with van der Waals surface area (Å²) in [5, 5.41) is 3.27. The van der Waals surface area contributed by atoms with E-state index in [4.69, 9.17) is 4.74 Å². The molecule has 0 heterocycles. The molecule has 82 valence electrons. The summed E-state index contributed by atoms with van der Waals surface area (Å²) in [6.45, 7) is 0.605. The van der Waals surface area contributed by atoms with Crippen molar-refractivity contribution in [3.8, 4) is 0 Å². The highest BCUT2D eigenvalue weighted by molar-refractivity contribution is 9.10. The Hall–Kier alpha value is -0.130. The normalized spacial score (nSPS) is 27.9. The van der Waals surface area contributed by atoms with Crippen molar-refractivity contribution in [2.24, 2.45) is 0 Å². The van der Waals surface area contributed by atoms with E-state index in [0.29, 0.717) is 18.7 Å². The zero-order valence-corrected chi connectivity index (χ0v) is 10.0. The van der Waals surface area contributed by atoms with Crippen LogP contribution in [0.15, 0.2) is 0 Å². The Balaban J connectivity index is 2.07. The number of esters is 1. The summed E-state index contributed by atoms with van der Waals surface area (Å²) in [5.74, 6) is -0.236. The lowest BCUT2D eigenvalue weighted by molar-refractivity contribution is -0.139. The molecule has 0 aromatic heterocycles. The van der Waals surface area contributed by atoms with E-state index in [1.54, 1.807) is 7.11 Å². The van der Waals surface area contributed by atoms with Gasteiger partial charge in [-0.05, 0) is 12.8 Å². The van der Waals surface area contributed by atoms with E-state index in [9.17, 15) is 4.79 Å². The van der Waals surface area contributed by atoms with Crippen LogP contribution in [0.2, 0.25) is 0 Å². The van der Waals surface area contributed by atoms with Gasteiger partial charge in [0, 0.05) is 19.7 Å². The lowest BCUT2D eigenvalue weighted by Crippen LogP contribution is -2.47. The fraction of sp³-hybridized carbons (Fsp3) is 0.889. The molecule has 0 aromatic rings. The van der Waals surface area contributed by atoms with Crippen molar-refractivity contribution in [3.63, 3.8) is 0 Å². The molecule has 1 unspecified atom stereocenters. The van der Waals surface area contributed by atoms with Gasteiger partial charge in [0.05, 0.1) is 13.2 Å². The summed E-state index contributed by atoms with van der Waals surface area (Å²) in [6.07, 6.45) is 2.44. The molecule has 0 bridgehead atoms. The number of methoxy groups -OCH3 is 2. The first-order valence-corrected chi connectivity index (χ1v) is 5.57. The van der Waals surface area contributed by atoms with Crippen LogP contribution in [0, 0.1) is 0 Å². The van der Waals surface area contributed by atoms with Crippen LogP contribution in [-0.2, 0) is 14.3 Å². The molecule has 0 radical (unpaired) electrons. The zero-order chi connectivity index (χ0) is 10.6. The first-order chi connectivity index (χ1) is 6.67. The molecular formula is C9H16BrNO3. The first-order valence-electron chi connectivity index (χ1n) is 4.65. The van der Waals surface area contributed by atoms with Crippen LogP contribution >= 0.6 is 15.9 Å². The van der Waals surface area contributed by atoms with Crippen LogP contribution in [-0.4, -0.2) is 43.7 Å². The number of carbonyl (C=O) groups is 1. The average Bonchev–Trinajstić information content (AvgIpc) is 2.14. The third kappa shape index (κ3) is 3.22. The van der Waals surface area contributed by atoms with Gasteiger partial charge in [0.2, 0.25) is 0 Å². The SMILES string of the molecule is COC(=O)C(Br)CNC1CC(OC)C1. The summed E-state index contributed by atoms with van der Waals surface area (Å²) in [5.41, 5.74) is 0. The van der Waals surface area contributed by atoms with Gasteiger partial charge in [-0.15, -0.1) is 0 Å². The maximum Gasteiger partial charge on any atom is 0.320 e. The molecule has 0 saturated heterocycles. The molecule has 0 spiro atoms. The lowest BCUT2D eigenvalue weighted by atomic mass is 9.89. The number of hydrogen-bond acceptors (Lipinski definition) is 4. The van der Waals surface area contributed by atoms with Crippen LogP contribution in [0.4, 0.5) is 0 Å². The molecular weight excluding hydrogens is 250 g/mol. The van der Waals surface area contributed by atoms with Crippen molar-refractivity contribution < 1.29 is 14.3 Å². The van der Waals surface area contributed by atoms with Crippen LogP contribution < -0.4 is 5.32 Å². The van der Waals surface area contributed by atoms with E-state index in [1.807, 2.05) is 0 Å². The van der Waals surface area contributed by atoms with Gasteiger partial charge in [0.25, 0.3) is 0 Å². The van der Waals surface area contributed by atoms with E-state index in [0.717, 1.165) is 12.8 Å². The number of nitrogens with one attached hydrogen (secondary N) is 1. The Labute approximate surface area is 92.5 Å². The fourth-order valence-electron chi connectivity index (χ4n) is 1.41. The highest BCUT2D eigenvalue weighted by atomic mass is 79.9. The number of alkyl halides is 1. The van der Waals surface area contributed by atoms with Gasteiger partial charge in [-0.3, -0.25) is 4.79 Å². The van der Waals surface area contributed by atoms with Crippen LogP contribution in [0.3, 0.4) is 0 Å². The molecule has 14 heavy (non-hydrogen) atoms. The molecule has 0 amide bonds. The predicted molar refractivity (Wildman–Crippen MR) is 56.6 cm³/mol. The Morgan fingerprint density at radius 2 is 2.21 bits per heavy atom. The topological polar surface area (TPSA) is 47.6 Å². The van der Waals surface area contributed by atoms with Crippen molar-refractivity contribution in [2.75, 3.05) is 20.8 Å². The zero-order valence-electron chi connectivity index (χ0n) is 8.46. The van der Waals surface area contributed by atoms with Crippen molar-refractivity contribution in [2.45, 2.75) is 29.8 Å². The number of halogens is 1. The molecule has 0 aliphatic heterocycles. The van der Waals surface area contributed by atoms with E-state index in [-0.39, 0.29) is 10.8 Å². The van der Waals surface area contributed by atoms with Crippen molar-refractivity contribution in [1.29, 1.82) is 0 Å². The van der Waals surface area contributed by atoms with Gasteiger partial charge >= 0.3 is 5.97 Å². The van der Waals surface area contributed by atoms with Gasteiger partial charge < -0.3 is 14.8 Å². The number of ether oxygens (including phenoxy) is 2. The minimum atomic E-state index is -0.255. The highest BCUT2D eigenvalue weighted by Crippen LogP contribution is 2.22. The molecule has 1 fully saturated rings. The van der Waals surface area contributed by atoms with E-state index >= 15 is 0 Å². The second kappa shape index (κ2) is 5.68. The molecule has 1 N–H and O–H groups in total. The summed E-state index contributed by atoms with van der Waals surface area (Å²) in [6, 6.07) is 0.477. The molecule has 1 rings (SSSR count). The maximum atomic E-state index is 11.0. The van der Waals surface area contributed by atoms with E-state index < -0.39 is 0 Å². The Bertz CT molecular complexity index is 194. The molecule has 1 aliphatic carbocycles. The standard InChI is InChI=1S/C9H16BrNO3/c1-13-7-3-6(4-7)11-5-8(10)9(12)14-2/h6-8,11H,3-5H2,1-2H3. The second-order valence-electron chi connectivity index (χ2n) is 3.42. The summed E-state index contributed by atoms with van der Waals surface area (Å²) >= 11 is 3.25. The largest absolute Gasteiger partial charge is 0.468 e. The van der Waals surface area contributed by atoms with E-state index in [1.165, 1.54) is 7.11 Å². The Kier molecular flexibility index (Phi) is 4.84. The minimum Gasteiger partial charge on any atom is -0.468 e. The van der Waals surface area contributed by atoms with Crippen LogP contribution in [0.5, 0.6) is 0 Å².